The molecule has 1 aromatic heterocycles. The van der Waals surface area contributed by atoms with E-state index in [1.165, 1.54) is 11.3 Å². The molecule has 0 atom stereocenters. The normalized spacial score (nSPS) is 10.6. The lowest BCUT2D eigenvalue weighted by molar-refractivity contribution is 0.104. The summed E-state index contributed by atoms with van der Waals surface area (Å²) in [5.41, 5.74) is 1.72. The molecule has 0 aliphatic heterocycles. The summed E-state index contributed by atoms with van der Waals surface area (Å²) >= 11 is 14.0. The Balaban J connectivity index is 2.47. The number of carbonyl (C=O) groups is 1. The minimum Gasteiger partial charge on any atom is -0.288 e. The first-order valence-corrected chi connectivity index (χ1v) is 7.53. The molecule has 0 bridgehead atoms. The fraction of sp³-hybridized carbons (Fsp3) is 0.0833. The van der Waals surface area contributed by atoms with Crippen LogP contribution in [0.3, 0.4) is 0 Å². The lowest BCUT2D eigenvalue weighted by atomic mass is 10.1. The molecule has 0 saturated heterocycles. The van der Waals surface area contributed by atoms with Gasteiger partial charge in [0.05, 0.1) is 9.21 Å². The number of halogens is 3. The first kappa shape index (κ1) is 13.3. The third-order valence-corrected chi connectivity index (χ3v) is 5.03. The average Bonchev–Trinajstić information content (AvgIpc) is 2.69. The summed E-state index contributed by atoms with van der Waals surface area (Å²) in [5.74, 6) is -0.0190. The minimum absolute atomic E-state index is 0.0190. The molecule has 17 heavy (non-hydrogen) atoms. The molecular weight excluding hydrogens is 387 g/mol. The molecular formula is C12H7Br2ClOS. The van der Waals surface area contributed by atoms with Crippen LogP contribution in [0.1, 0.15) is 20.8 Å². The molecule has 2 rings (SSSR count). The summed E-state index contributed by atoms with van der Waals surface area (Å²) in [4.78, 5) is 12.9. The molecule has 1 heterocycles. The van der Waals surface area contributed by atoms with Gasteiger partial charge in [0.15, 0.2) is 0 Å². The molecule has 0 radical (unpaired) electrons. The van der Waals surface area contributed by atoms with Crippen molar-refractivity contribution in [3.8, 4) is 0 Å². The van der Waals surface area contributed by atoms with Crippen LogP contribution in [0.25, 0.3) is 0 Å². The zero-order chi connectivity index (χ0) is 12.6. The van der Waals surface area contributed by atoms with Gasteiger partial charge in [-0.15, -0.1) is 11.3 Å². The zero-order valence-corrected chi connectivity index (χ0v) is 13.5. The van der Waals surface area contributed by atoms with Crippen LogP contribution in [0.2, 0.25) is 4.34 Å². The summed E-state index contributed by atoms with van der Waals surface area (Å²) in [5, 5.41) is 0. The molecule has 1 nitrogen and oxygen atoms in total. The Labute approximate surface area is 125 Å². The van der Waals surface area contributed by atoms with Crippen molar-refractivity contribution in [1.29, 1.82) is 0 Å². The van der Waals surface area contributed by atoms with Crippen LogP contribution in [0.15, 0.2) is 33.2 Å². The highest BCUT2D eigenvalue weighted by atomic mass is 79.9. The molecule has 5 heteroatoms. The van der Waals surface area contributed by atoms with Gasteiger partial charge in [0, 0.05) is 14.5 Å². The number of aryl methyl sites for hydroxylation is 1. The smallest absolute Gasteiger partial charge is 0.204 e. The van der Waals surface area contributed by atoms with Crippen molar-refractivity contribution in [3.63, 3.8) is 0 Å². The standard InChI is InChI=1S/C12H7Br2ClOS/c1-6-4-9(14)7(5-8(6)13)12(16)10-2-3-11(15)17-10/h2-5H,1H3. The Hall–Kier alpha value is -0.160. The number of hydrogen-bond donors (Lipinski definition) is 0. The Kier molecular flexibility index (Phi) is 4.08. The quantitative estimate of drug-likeness (QED) is 0.618. The minimum atomic E-state index is -0.0190. The van der Waals surface area contributed by atoms with Crippen molar-refractivity contribution < 1.29 is 4.79 Å². The monoisotopic (exact) mass is 392 g/mol. The van der Waals surface area contributed by atoms with Crippen LogP contribution in [0.5, 0.6) is 0 Å². The molecule has 88 valence electrons. The zero-order valence-electron chi connectivity index (χ0n) is 8.76. The molecule has 1 aromatic carbocycles. The van der Waals surface area contributed by atoms with Crippen molar-refractivity contribution in [1.82, 2.24) is 0 Å². The van der Waals surface area contributed by atoms with E-state index in [-0.39, 0.29) is 5.78 Å². The van der Waals surface area contributed by atoms with Gasteiger partial charge in [0.1, 0.15) is 0 Å². The van der Waals surface area contributed by atoms with Gasteiger partial charge in [-0.25, -0.2) is 0 Å². The van der Waals surface area contributed by atoms with E-state index in [0.717, 1.165) is 14.5 Å². The van der Waals surface area contributed by atoms with Crippen LogP contribution < -0.4 is 0 Å². The van der Waals surface area contributed by atoms with Crippen LogP contribution in [-0.2, 0) is 0 Å². The number of benzene rings is 1. The SMILES string of the molecule is Cc1cc(Br)c(C(=O)c2ccc(Cl)s2)cc1Br. The van der Waals surface area contributed by atoms with E-state index in [2.05, 4.69) is 31.9 Å². The number of ketones is 1. The molecule has 0 unspecified atom stereocenters. The molecule has 0 amide bonds. The van der Waals surface area contributed by atoms with Crippen molar-refractivity contribution in [3.05, 3.63) is 53.6 Å². The van der Waals surface area contributed by atoms with Gasteiger partial charge in [-0.3, -0.25) is 4.79 Å². The van der Waals surface area contributed by atoms with E-state index in [4.69, 9.17) is 11.6 Å². The van der Waals surface area contributed by atoms with Crippen molar-refractivity contribution in [2.75, 3.05) is 0 Å². The first-order valence-electron chi connectivity index (χ1n) is 4.74. The largest absolute Gasteiger partial charge is 0.288 e. The van der Waals surface area contributed by atoms with E-state index in [1.54, 1.807) is 12.1 Å². The highest BCUT2D eigenvalue weighted by molar-refractivity contribution is 9.11. The first-order chi connectivity index (χ1) is 7.99. The molecule has 0 aliphatic rings. The number of rotatable bonds is 2. The van der Waals surface area contributed by atoms with Crippen molar-refractivity contribution in [2.45, 2.75) is 6.92 Å². The van der Waals surface area contributed by atoms with Gasteiger partial charge >= 0.3 is 0 Å². The topological polar surface area (TPSA) is 17.1 Å². The van der Waals surface area contributed by atoms with Gasteiger partial charge in [0.25, 0.3) is 0 Å². The highest BCUT2D eigenvalue weighted by Gasteiger charge is 2.16. The number of hydrogen-bond acceptors (Lipinski definition) is 2. The second kappa shape index (κ2) is 5.22. The summed E-state index contributed by atoms with van der Waals surface area (Å²) in [6, 6.07) is 7.23. The fourth-order valence-corrected chi connectivity index (χ4v) is 3.37. The summed E-state index contributed by atoms with van der Waals surface area (Å²) in [7, 11) is 0. The third kappa shape index (κ3) is 2.81. The predicted octanol–water partition coefficient (Wildman–Crippen LogP) is 5.47. The Bertz CT molecular complexity index is 592. The fourth-order valence-electron chi connectivity index (χ4n) is 1.39. The molecule has 0 spiro atoms. The van der Waals surface area contributed by atoms with Crippen molar-refractivity contribution >= 4 is 60.6 Å². The molecule has 0 N–H and O–H groups in total. The van der Waals surface area contributed by atoms with Gasteiger partial charge in [-0.05, 0) is 36.8 Å². The van der Waals surface area contributed by atoms with E-state index in [9.17, 15) is 4.79 Å². The summed E-state index contributed by atoms with van der Waals surface area (Å²) < 4.78 is 2.34. The maximum atomic E-state index is 12.2. The lowest BCUT2D eigenvalue weighted by Crippen LogP contribution is -2.00. The second-order valence-electron chi connectivity index (χ2n) is 3.51. The predicted molar refractivity (Wildman–Crippen MR) is 79.3 cm³/mol. The summed E-state index contributed by atoms with van der Waals surface area (Å²) in [6.45, 7) is 1.98. The van der Waals surface area contributed by atoms with Crippen LogP contribution in [0.4, 0.5) is 0 Å². The maximum Gasteiger partial charge on any atom is 0.204 e. The van der Waals surface area contributed by atoms with Crippen LogP contribution >= 0.6 is 54.8 Å². The maximum absolute atomic E-state index is 12.2. The molecule has 0 fully saturated rings. The second-order valence-corrected chi connectivity index (χ2v) is 6.94. The lowest BCUT2D eigenvalue weighted by Gasteiger charge is -2.05. The van der Waals surface area contributed by atoms with Gasteiger partial charge in [-0.1, -0.05) is 43.5 Å². The van der Waals surface area contributed by atoms with E-state index < -0.39 is 0 Å². The van der Waals surface area contributed by atoms with E-state index in [0.29, 0.717) is 14.8 Å². The van der Waals surface area contributed by atoms with Gasteiger partial charge in [-0.2, -0.15) is 0 Å². The third-order valence-electron chi connectivity index (χ3n) is 2.29. The van der Waals surface area contributed by atoms with Crippen LogP contribution in [-0.4, -0.2) is 5.78 Å². The van der Waals surface area contributed by atoms with Crippen molar-refractivity contribution in [2.24, 2.45) is 0 Å². The van der Waals surface area contributed by atoms with Crippen LogP contribution in [0, 0.1) is 6.92 Å². The molecule has 2 aromatic rings. The Morgan fingerprint density at radius 3 is 2.53 bits per heavy atom. The molecule has 0 aliphatic carbocycles. The van der Waals surface area contributed by atoms with E-state index >= 15 is 0 Å². The Morgan fingerprint density at radius 1 is 1.24 bits per heavy atom. The Morgan fingerprint density at radius 2 is 1.94 bits per heavy atom. The van der Waals surface area contributed by atoms with Gasteiger partial charge in [0.2, 0.25) is 5.78 Å². The number of thiophene rings is 1. The average molecular weight is 395 g/mol. The number of carbonyl (C=O) groups excluding carboxylic acids is 1. The molecule has 0 saturated carbocycles. The summed E-state index contributed by atoms with van der Waals surface area (Å²) in [6.07, 6.45) is 0. The van der Waals surface area contributed by atoms with Gasteiger partial charge < -0.3 is 0 Å². The van der Waals surface area contributed by atoms with E-state index in [1.807, 2.05) is 19.1 Å². The highest BCUT2D eigenvalue weighted by Crippen LogP contribution is 2.30.